The molecule has 1 aromatic carbocycles. The average molecular weight is 773 g/mol. The molecule has 6 rings (SSSR count). The third-order valence-corrected chi connectivity index (χ3v) is 11.5. The monoisotopic (exact) mass is 772 g/mol. The number of benzene rings is 1. The highest BCUT2D eigenvalue weighted by atomic mass is 32.1. The van der Waals surface area contributed by atoms with E-state index in [-0.39, 0.29) is 48.7 Å². The maximum Gasteiger partial charge on any atom is 0.349 e. The fourth-order valence-electron chi connectivity index (χ4n) is 6.65. The van der Waals surface area contributed by atoms with Crippen molar-refractivity contribution in [2.24, 2.45) is 4.99 Å². The van der Waals surface area contributed by atoms with Gasteiger partial charge in [-0.05, 0) is 97.3 Å². The summed E-state index contributed by atoms with van der Waals surface area (Å²) in [5.74, 6) is -1.13. The van der Waals surface area contributed by atoms with Crippen LogP contribution in [0, 0.1) is 0 Å². The van der Waals surface area contributed by atoms with Crippen molar-refractivity contribution in [1.29, 1.82) is 0 Å². The van der Waals surface area contributed by atoms with Crippen molar-refractivity contribution in [3.63, 3.8) is 0 Å². The predicted molar refractivity (Wildman–Crippen MR) is 207 cm³/mol. The zero-order chi connectivity index (χ0) is 38.1. The summed E-state index contributed by atoms with van der Waals surface area (Å²) in [6.07, 6.45) is 8.23. The van der Waals surface area contributed by atoms with E-state index in [4.69, 9.17) is 9.47 Å². The summed E-state index contributed by atoms with van der Waals surface area (Å²) >= 11 is 2.65. The second-order valence-corrected chi connectivity index (χ2v) is 15.4. The Morgan fingerprint density at radius 1 is 0.944 bits per heavy atom. The number of aliphatic hydroxyl groups excluding tert-OH is 1. The van der Waals surface area contributed by atoms with Crippen molar-refractivity contribution in [2.45, 2.75) is 68.9 Å². The van der Waals surface area contributed by atoms with Crippen LogP contribution in [0.5, 0.6) is 5.75 Å². The van der Waals surface area contributed by atoms with Gasteiger partial charge >= 0.3 is 5.97 Å². The first kappa shape index (κ1) is 39.1. The zero-order valence-electron chi connectivity index (χ0n) is 29.9. The Bertz CT molecular complexity index is 1880. The summed E-state index contributed by atoms with van der Waals surface area (Å²) in [6.45, 7) is 3.18. The minimum Gasteiger partial charge on any atom is -0.484 e. The average Bonchev–Trinajstić information content (AvgIpc) is 3.93. The third kappa shape index (κ3) is 9.75. The first-order valence-electron chi connectivity index (χ1n) is 18.0. The summed E-state index contributed by atoms with van der Waals surface area (Å²) in [5.41, 5.74) is 0.315. The number of allylic oxidation sites excluding steroid dienone is 3. The number of rotatable bonds is 17. The van der Waals surface area contributed by atoms with Crippen molar-refractivity contribution in [2.75, 3.05) is 26.2 Å². The number of amides is 2. The Balaban J connectivity index is 0.841. The van der Waals surface area contributed by atoms with Gasteiger partial charge in [-0.25, -0.2) is 9.79 Å². The standard InChI is InChI=1S/C40H44N4O8S2/c1-25(43-23-33(46)30-14-16-32(45)38-31(30)15-17-36(47)44-38)22-26-6-10-28(11-7-26)51-24-37(48)42-19-18-41-27-8-12-29(13-9-27)52-39(49)40(50,34-4-2-20-53-34)35-5-3-21-54-35/h2-7,10-11,14-17,20-21,25,27,29,33,41,43,46,50H,8-9,12-13,18-19,22-24H2,1H3,(H,42,48)/t25?,27?,29?,33-/m0/s1. The highest BCUT2D eigenvalue weighted by Gasteiger charge is 2.45. The molecule has 3 aliphatic rings. The van der Waals surface area contributed by atoms with Gasteiger partial charge in [-0.2, -0.15) is 0 Å². The number of carbonyl (C=O) groups excluding carboxylic acids is 4. The maximum atomic E-state index is 13.3. The van der Waals surface area contributed by atoms with Gasteiger partial charge in [0.05, 0.1) is 15.9 Å². The largest absolute Gasteiger partial charge is 0.484 e. The van der Waals surface area contributed by atoms with Crippen LogP contribution < -0.4 is 20.7 Å². The predicted octanol–water partition coefficient (Wildman–Crippen LogP) is 3.54. The molecule has 1 fully saturated rings. The number of thiophene rings is 2. The molecule has 2 amide bonds. The van der Waals surface area contributed by atoms with Gasteiger partial charge in [0, 0.05) is 43.4 Å². The topological polar surface area (TPSA) is 176 Å². The van der Waals surface area contributed by atoms with Crippen LogP contribution in [0.2, 0.25) is 0 Å². The quantitative estimate of drug-likeness (QED) is 0.0776. The van der Waals surface area contributed by atoms with Gasteiger partial charge in [-0.3, -0.25) is 14.4 Å². The number of dihydropyridines is 1. The van der Waals surface area contributed by atoms with Gasteiger partial charge in [-0.15, -0.1) is 22.7 Å². The lowest BCUT2D eigenvalue weighted by atomic mass is 9.89. The van der Waals surface area contributed by atoms with Crippen LogP contribution in [0.1, 0.15) is 47.9 Å². The van der Waals surface area contributed by atoms with Crippen molar-refractivity contribution in [1.82, 2.24) is 16.0 Å². The highest BCUT2D eigenvalue weighted by Crippen LogP contribution is 2.38. The summed E-state index contributed by atoms with van der Waals surface area (Å²) < 4.78 is 11.5. The Kier molecular flexibility index (Phi) is 13.2. The lowest BCUT2D eigenvalue weighted by Crippen LogP contribution is -2.43. The van der Waals surface area contributed by atoms with Gasteiger partial charge in [0.2, 0.25) is 11.4 Å². The number of ketones is 1. The van der Waals surface area contributed by atoms with E-state index in [9.17, 15) is 29.4 Å². The molecule has 0 saturated heterocycles. The molecule has 1 saturated carbocycles. The molecule has 1 unspecified atom stereocenters. The molecule has 12 nitrogen and oxygen atoms in total. The van der Waals surface area contributed by atoms with Crippen LogP contribution in [0.4, 0.5) is 0 Å². The summed E-state index contributed by atoms with van der Waals surface area (Å²) in [7, 11) is 0. The SMILES string of the molecule is CC(Cc1ccc(OCC(=O)NCCNC2CCC(OC(=O)C(O)(c3cccs3)c3cccs3)CC2)cc1)NC[C@H](O)C1=C2C=CC(=O)N=C2C(=O)C=C1. The number of hydrogen-bond acceptors (Lipinski definition) is 12. The van der Waals surface area contributed by atoms with E-state index in [0.717, 1.165) is 18.4 Å². The van der Waals surface area contributed by atoms with Gasteiger partial charge in [0.1, 0.15) is 17.6 Å². The smallest absolute Gasteiger partial charge is 0.349 e. The molecule has 14 heteroatoms. The van der Waals surface area contributed by atoms with E-state index in [1.165, 1.54) is 40.9 Å². The van der Waals surface area contributed by atoms with Crippen molar-refractivity contribution < 1.29 is 38.9 Å². The normalized spacial score (nSPS) is 19.6. The van der Waals surface area contributed by atoms with E-state index in [2.05, 4.69) is 20.9 Å². The summed E-state index contributed by atoms with van der Waals surface area (Å²) in [5, 5.41) is 35.6. The van der Waals surface area contributed by atoms with Gasteiger partial charge in [-0.1, -0.05) is 30.3 Å². The molecule has 0 bridgehead atoms. The van der Waals surface area contributed by atoms with Crippen LogP contribution in [0.3, 0.4) is 0 Å². The Labute approximate surface area is 321 Å². The molecule has 2 aliphatic carbocycles. The number of nitrogens with zero attached hydrogens (tertiary/aromatic N) is 1. The number of nitrogens with one attached hydrogen (secondary N) is 3. The summed E-state index contributed by atoms with van der Waals surface area (Å²) in [4.78, 5) is 54.3. The van der Waals surface area contributed by atoms with E-state index in [1.54, 1.807) is 18.2 Å². The molecule has 3 heterocycles. The van der Waals surface area contributed by atoms with Crippen LogP contribution in [-0.4, -0.2) is 90.0 Å². The molecule has 1 aliphatic heterocycles. The van der Waals surface area contributed by atoms with Gasteiger partial charge < -0.3 is 35.6 Å². The molecule has 54 heavy (non-hydrogen) atoms. The number of aliphatic hydroxyl groups is 2. The Morgan fingerprint density at radius 2 is 1.65 bits per heavy atom. The van der Waals surface area contributed by atoms with Crippen LogP contribution in [0.15, 0.2) is 99.7 Å². The lowest BCUT2D eigenvalue weighted by Gasteiger charge is -2.32. The molecule has 0 radical (unpaired) electrons. The highest BCUT2D eigenvalue weighted by molar-refractivity contribution is 7.12. The van der Waals surface area contributed by atoms with Crippen LogP contribution in [0.25, 0.3) is 0 Å². The number of aliphatic imine (C=N–C) groups is 1. The van der Waals surface area contributed by atoms with Crippen molar-refractivity contribution in [3.05, 3.63) is 110 Å². The van der Waals surface area contributed by atoms with E-state index in [1.807, 2.05) is 54.1 Å². The van der Waals surface area contributed by atoms with Crippen LogP contribution >= 0.6 is 22.7 Å². The second kappa shape index (κ2) is 18.2. The van der Waals surface area contributed by atoms with Crippen molar-refractivity contribution >= 4 is 52.0 Å². The fourth-order valence-corrected chi connectivity index (χ4v) is 8.36. The molecule has 5 N–H and O–H groups in total. The molecule has 3 aromatic rings. The van der Waals surface area contributed by atoms with Crippen LogP contribution in [-0.2, 0) is 35.9 Å². The maximum absolute atomic E-state index is 13.3. The van der Waals surface area contributed by atoms with Crippen molar-refractivity contribution in [3.8, 4) is 5.75 Å². The molecule has 0 spiro atoms. The minimum absolute atomic E-state index is 0.0226. The van der Waals surface area contributed by atoms with E-state index in [0.29, 0.717) is 59.0 Å². The first-order chi connectivity index (χ1) is 26.1. The van der Waals surface area contributed by atoms with Gasteiger partial charge in [0.25, 0.3) is 11.8 Å². The number of hydrogen-bond donors (Lipinski definition) is 5. The molecule has 2 atom stereocenters. The molecular weight excluding hydrogens is 729 g/mol. The van der Waals surface area contributed by atoms with E-state index < -0.39 is 23.6 Å². The number of carbonyl (C=O) groups is 4. The molecular formula is C40H44N4O8S2. The fraction of sp³-hybridized carbons (Fsp3) is 0.375. The number of esters is 1. The third-order valence-electron chi connectivity index (χ3n) is 9.56. The minimum atomic E-state index is -1.80. The summed E-state index contributed by atoms with van der Waals surface area (Å²) in [6, 6.07) is 14.9. The Morgan fingerprint density at radius 3 is 2.31 bits per heavy atom. The molecule has 284 valence electrons. The Hall–Kier alpha value is -4.57. The lowest BCUT2D eigenvalue weighted by molar-refractivity contribution is -0.169. The van der Waals surface area contributed by atoms with Gasteiger partial charge in [0.15, 0.2) is 6.61 Å². The molecule has 2 aromatic heterocycles. The van der Waals surface area contributed by atoms with E-state index >= 15 is 0 Å². The first-order valence-corrected chi connectivity index (χ1v) is 19.8. The number of fused-ring (bicyclic) bond motifs is 1. The zero-order valence-corrected chi connectivity index (χ0v) is 31.5. The number of ether oxygens (including phenoxy) is 2. The second-order valence-electron chi connectivity index (χ2n) is 13.5.